The normalized spacial score (nSPS) is 9.95. The molecule has 2 heterocycles. The summed E-state index contributed by atoms with van der Waals surface area (Å²) in [5.41, 5.74) is 0.544. The van der Waals surface area contributed by atoms with Crippen LogP contribution in [0.15, 0.2) is 41.4 Å². The number of carbonyl (C=O) groups is 1. The molecule has 0 aliphatic heterocycles. The quantitative estimate of drug-likeness (QED) is 0.815. The molecular formula is C12H12BrN5O. The van der Waals surface area contributed by atoms with E-state index in [0.717, 1.165) is 4.47 Å². The maximum absolute atomic E-state index is 11.7. The summed E-state index contributed by atoms with van der Waals surface area (Å²) in [4.78, 5) is 23.7. The average Bonchev–Trinajstić information content (AvgIpc) is 2.46. The second-order valence-corrected chi connectivity index (χ2v) is 4.56. The number of hydrogen-bond donors (Lipinski definition) is 2. The Kier molecular flexibility index (Phi) is 4.79. The van der Waals surface area contributed by atoms with Gasteiger partial charge in [0.2, 0.25) is 5.95 Å². The molecule has 0 bridgehead atoms. The van der Waals surface area contributed by atoms with Gasteiger partial charge in [-0.3, -0.25) is 9.78 Å². The zero-order chi connectivity index (χ0) is 13.5. The number of amides is 1. The fraction of sp³-hybridized carbons (Fsp3) is 0.167. The van der Waals surface area contributed by atoms with Gasteiger partial charge in [-0.2, -0.15) is 0 Å². The van der Waals surface area contributed by atoms with Gasteiger partial charge in [-0.05, 0) is 28.1 Å². The van der Waals surface area contributed by atoms with Crippen LogP contribution in [0.5, 0.6) is 0 Å². The molecule has 2 aromatic rings. The van der Waals surface area contributed by atoms with Crippen molar-refractivity contribution in [3.8, 4) is 0 Å². The summed E-state index contributed by atoms with van der Waals surface area (Å²) in [5.74, 6) is 0.380. The van der Waals surface area contributed by atoms with Gasteiger partial charge in [-0.15, -0.1) is 0 Å². The van der Waals surface area contributed by atoms with Crippen molar-refractivity contribution in [2.24, 2.45) is 0 Å². The van der Waals surface area contributed by atoms with Crippen LogP contribution in [0.2, 0.25) is 0 Å². The van der Waals surface area contributed by atoms with Crippen LogP contribution in [0.25, 0.3) is 0 Å². The third-order valence-electron chi connectivity index (χ3n) is 2.24. The van der Waals surface area contributed by atoms with Crippen LogP contribution in [0, 0.1) is 0 Å². The summed E-state index contributed by atoms with van der Waals surface area (Å²) >= 11 is 3.26. The first-order chi connectivity index (χ1) is 9.25. The number of pyridine rings is 1. The van der Waals surface area contributed by atoms with Crippen molar-refractivity contribution >= 4 is 27.8 Å². The van der Waals surface area contributed by atoms with Crippen molar-refractivity contribution in [1.82, 2.24) is 20.3 Å². The van der Waals surface area contributed by atoms with Gasteiger partial charge in [-0.25, -0.2) is 9.97 Å². The highest BCUT2D eigenvalue weighted by atomic mass is 79.9. The molecule has 0 radical (unpaired) electrons. The molecule has 0 saturated carbocycles. The largest absolute Gasteiger partial charge is 0.352 e. The van der Waals surface area contributed by atoms with Crippen molar-refractivity contribution in [3.05, 3.63) is 47.0 Å². The van der Waals surface area contributed by atoms with E-state index in [1.54, 1.807) is 30.7 Å². The monoisotopic (exact) mass is 321 g/mol. The molecule has 2 rings (SSSR count). The van der Waals surface area contributed by atoms with Crippen LogP contribution >= 0.6 is 15.9 Å². The van der Waals surface area contributed by atoms with Gasteiger partial charge in [0.25, 0.3) is 5.91 Å². The summed E-state index contributed by atoms with van der Waals surface area (Å²) < 4.78 is 0.822. The average molecular weight is 322 g/mol. The highest BCUT2D eigenvalue weighted by Gasteiger charge is 2.03. The minimum absolute atomic E-state index is 0.147. The first-order valence-corrected chi connectivity index (χ1v) is 6.44. The fourth-order valence-corrected chi connectivity index (χ4v) is 1.56. The van der Waals surface area contributed by atoms with E-state index in [0.29, 0.717) is 24.6 Å². The Balaban J connectivity index is 1.72. The van der Waals surface area contributed by atoms with Crippen molar-refractivity contribution < 1.29 is 4.79 Å². The van der Waals surface area contributed by atoms with Crippen LogP contribution in [-0.4, -0.2) is 33.9 Å². The number of aromatic nitrogens is 3. The molecule has 7 heteroatoms. The minimum Gasteiger partial charge on any atom is -0.352 e. The van der Waals surface area contributed by atoms with Gasteiger partial charge >= 0.3 is 0 Å². The predicted octanol–water partition coefficient (Wildman–Crippen LogP) is 1.48. The van der Waals surface area contributed by atoms with E-state index in [9.17, 15) is 4.79 Å². The molecule has 0 atom stereocenters. The number of rotatable bonds is 5. The first-order valence-electron chi connectivity index (χ1n) is 5.65. The topological polar surface area (TPSA) is 79.8 Å². The molecule has 6 nitrogen and oxygen atoms in total. The van der Waals surface area contributed by atoms with E-state index in [1.807, 2.05) is 0 Å². The molecule has 0 fully saturated rings. The van der Waals surface area contributed by atoms with Crippen molar-refractivity contribution in [2.45, 2.75) is 0 Å². The number of halogens is 1. The lowest BCUT2D eigenvalue weighted by Crippen LogP contribution is -2.29. The molecule has 0 saturated heterocycles. The van der Waals surface area contributed by atoms with Crippen molar-refractivity contribution in [2.75, 3.05) is 18.4 Å². The third-order valence-corrected chi connectivity index (χ3v) is 2.65. The second-order valence-electron chi connectivity index (χ2n) is 3.65. The minimum atomic E-state index is -0.147. The van der Waals surface area contributed by atoms with E-state index >= 15 is 0 Å². The van der Waals surface area contributed by atoms with Gasteiger partial charge < -0.3 is 10.6 Å². The van der Waals surface area contributed by atoms with E-state index < -0.39 is 0 Å². The van der Waals surface area contributed by atoms with Crippen molar-refractivity contribution in [1.29, 1.82) is 0 Å². The molecule has 1 amide bonds. The smallest absolute Gasteiger partial charge is 0.252 e. The highest BCUT2D eigenvalue weighted by molar-refractivity contribution is 9.10. The number of hydrogen-bond acceptors (Lipinski definition) is 5. The molecule has 0 aromatic carbocycles. The Morgan fingerprint density at radius 3 is 2.68 bits per heavy atom. The predicted molar refractivity (Wildman–Crippen MR) is 74.8 cm³/mol. The number of carbonyl (C=O) groups excluding carboxylic acids is 1. The Labute approximate surface area is 118 Å². The summed E-state index contributed by atoms with van der Waals surface area (Å²) in [6.07, 6.45) is 6.47. The summed E-state index contributed by atoms with van der Waals surface area (Å²) in [5, 5.41) is 5.78. The summed E-state index contributed by atoms with van der Waals surface area (Å²) in [6.45, 7) is 1.03. The molecule has 0 aliphatic carbocycles. The second kappa shape index (κ2) is 6.79. The van der Waals surface area contributed by atoms with Crippen LogP contribution in [0.1, 0.15) is 10.4 Å². The summed E-state index contributed by atoms with van der Waals surface area (Å²) in [6, 6.07) is 3.44. The third kappa shape index (κ3) is 4.29. The van der Waals surface area contributed by atoms with E-state index in [-0.39, 0.29) is 5.91 Å². The lowest BCUT2D eigenvalue weighted by atomic mass is 10.3. The fourth-order valence-electron chi connectivity index (χ4n) is 1.35. The number of nitrogens with zero attached hydrogens (tertiary/aromatic N) is 3. The molecule has 19 heavy (non-hydrogen) atoms. The van der Waals surface area contributed by atoms with Crippen LogP contribution in [0.3, 0.4) is 0 Å². The first kappa shape index (κ1) is 13.4. The molecule has 0 spiro atoms. The Morgan fingerprint density at radius 2 is 2.00 bits per heavy atom. The van der Waals surface area contributed by atoms with Crippen LogP contribution in [-0.2, 0) is 0 Å². The van der Waals surface area contributed by atoms with Gasteiger partial charge in [0.1, 0.15) is 0 Å². The molecule has 2 N–H and O–H groups in total. The Bertz CT molecular complexity index is 532. The van der Waals surface area contributed by atoms with Gasteiger partial charge in [0, 0.05) is 37.9 Å². The van der Waals surface area contributed by atoms with E-state index in [1.165, 1.54) is 6.20 Å². The molecular weight excluding hydrogens is 310 g/mol. The highest BCUT2D eigenvalue weighted by Crippen LogP contribution is 2.06. The Hall–Kier alpha value is -2.02. The van der Waals surface area contributed by atoms with Crippen LogP contribution in [0.4, 0.5) is 5.95 Å². The SMILES string of the molecule is O=C(NCCNc1ncc(Br)cn1)c1cccnc1. The lowest BCUT2D eigenvalue weighted by molar-refractivity contribution is 0.0955. The van der Waals surface area contributed by atoms with Crippen molar-refractivity contribution in [3.63, 3.8) is 0 Å². The molecule has 0 aliphatic rings. The Morgan fingerprint density at radius 1 is 1.21 bits per heavy atom. The van der Waals surface area contributed by atoms with E-state index in [4.69, 9.17) is 0 Å². The molecule has 0 unspecified atom stereocenters. The molecule has 98 valence electrons. The zero-order valence-electron chi connectivity index (χ0n) is 10.0. The van der Waals surface area contributed by atoms with Gasteiger partial charge in [0.05, 0.1) is 10.0 Å². The number of nitrogens with one attached hydrogen (secondary N) is 2. The molecule has 2 aromatic heterocycles. The zero-order valence-corrected chi connectivity index (χ0v) is 11.6. The van der Waals surface area contributed by atoms with Gasteiger partial charge in [0.15, 0.2) is 0 Å². The standard InChI is InChI=1S/C12H12BrN5O/c13-10-7-17-12(18-8-10)16-5-4-15-11(19)9-2-1-3-14-6-9/h1-3,6-8H,4-5H2,(H,15,19)(H,16,17,18). The lowest BCUT2D eigenvalue weighted by Gasteiger charge is -2.06. The maximum atomic E-state index is 11.7. The maximum Gasteiger partial charge on any atom is 0.252 e. The summed E-state index contributed by atoms with van der Waals surface area (Å²) in [7, 11) is 0. The van der Waals surface area contributed by atoms with Crippen LogP contribution < -0.4 is 10.6 Å². The number of anilines is 1. The van der Waals surface area contributed by atoms with E-state index in [2.05, 4.69) is 41.5 Å². The van der Waals surface area contributed by atoms with Gasteiger partial charge in [-0.1, -0.05) is 0 Å².